The second-order valence-corrected chi connectivity index (χ2v) is 5.39. The first-order valence-corrected chi connectivity index (χ1v) is 8.19. The van der Waals surface area contributed by atoms with E-state index in [9.17, 15) is 0 Å². The fraction of sp³-hybridized carbons (Fsp3) is 0.389. The van der Waals surface area contributed by atoms with Crippen molar-refractivity contribution in [3.63, 3.8) is 0 Å². The molecule has 2 aromatic rings. The molecule has 0 unspecified atom stereocenters. The average Bonchev–Trinajstić information content (AvgIpc) is 3.13. The largest absolute Gasteiger partial charge is 0.383 e. The molecule has 0 atom stereocenters. The van der Waals surface area contributed by atoms with E-state index in [1.54, 1.807) is 14.2 Å². The second kappa shape index (κ2) is 10.3. The summed E-state index contributed by atoms with van der Waals surface area (Å²) in [6.07, 6.45) is 4.11. The lowest BCUT2D eigenvalue weighted by molar-refractivity contribution is 0.211. The zero-order valence-electron chi connectivity index (χ0n) is 14.5. The average molecular weight is 329 g/mol. The molecule has 6 nitrogen and oxygen atoms in total. The highest BCUT2D eigenvalue weighted by atomic mass is 16.5. The number of rotatable bonds is 9. The molecule has 0 aliphatic rings. The third kappa shape index (κ3) is 6.34. The Balaban J connectivity index is 1.70. The highest BCUT2D eigenvalue weighted by Crippen LogP contribution is 2.08. The minimum atomic E-state index is 0.703. The first-order chi connectivity index (χ1) is 11.8. The lowest BCUT2D eigenvalue weighted by Gasteiger charge is -2.13. The monoisotopic (exact) mass is 329 g/mol. The van der Waals surface area contributed by atoms with Gasteiger partial charge in [0.15, 0.2) is 5.96 Å². The van der Waals surface area contributed by atoms with Crippen LogP contribution in [0.4, 0.5) is 5.69 Å². The number of hydrogen-bond acceptors (Lipinski definition) is 3. The third-order valence-electron chi connectivity index (χ3n) is 3.60. The molecule has 6 heteroatoms. The van der Waals surface area contributed by atoms with Gasteiger partial charge >= 0.3 is 0 Å². The summed E-state index contributed by atoms with van der Waals surface area (Å²) in [7, 11) is 3.49. The van der Waals surface area contributed by atoms with Gasteiger partial charge in [-0.1, -0.05) is 12.1 Å². The van der Waals surface area contributed by atoms with Gasteiger partial charge in [0.1, 0.15) is 0 Å². The van der Waals surface area contributed by atoms with Gasteiger partial charge in [-0.25, -0.2) is 0 Å². The van der Waals surface area contributed by atoms with Crippen molar-refractivity contribution in [2.24, 2.45) is 4.99 Å². The van der Waals surface area contributed by atoms with Crippen molar-refractivity contribution in [1.82, 2.24) is 15.2 Å². The van der Waals surface area contributed by atoms with E-state index in [0.717, 1.165) is 37.8 Å². The Morgan fingerprint density at radius 2 is 1.83 bits per heavy atom. The molecule has 24 heavy (non-hydrogen) atoms. The zero-order chi connectivity index (χ0) is 17.0. The Morgan fingerprint density at radius 1 is 1.08 bits per heavy atom. The zero-order valence-corrected chi connectivity index (χ0v) is 14.5. The summed E-state index contributed by atoms with van der Waals surface area (Å²) in [5.41, 5.74) is 2.31. The Morgan fingerprint density at radius 3 is 2.50 bits per heavy atom. The quantitative estimate of drug-likeness (QED) is 0.374. The molecule has 130 valence electrons. The summed E-state index contributed by atoms with van der Waals surface area (Å²) >= 11 is 0. The van der Waals surface area contributed by atoms with E-state index in [1.165, 1.54) is 5.56 Å². The van der Waals surface area contributed by atoms with Gasteiger partial charge in [0.25, 0.3) is 0 Å². The van der Waals surface area contributed by atoms with Crippen molar-refractivity contribution in [3.8, 4) is 0 Å². The van der Waals surface area contributed by atoms with Crippen LogP contribution in [0, 0.1) is 0 Å². The van der Waals surface area contributed by atoms with Crippen LogP contribution in [0.2, 0.25) is 0 Å². The predicted octanol–water partition coefficient (Wildman–Crippen LogP) is 1.91. The normalized spacial score (nSPS) is 11.3. The van der Waals surface area contributed by atoms with Crippen LogP contribution in [0.15, 0.2) is 53.8 Å². The van der Waals surface area contributed by atoms with E-state index < -0.39 is 0 Å². The molecule has 0 saturated carbocycles. The van der Waals surface area contributed by atoms with E-state index >= 15 is 0 Å². The number of anilines is 1. The topological polar surface area (TPSA) is 62.6 Å². The van der Waals surface area contributed by atoms with Crippen LogP contribution in [-0.4, -0.2) is 44.4 Å². The van der Waals surface area contributed by atoms with Crippen molar-refractivity contribution in [3.05, 3.63) is 54.4 Å². The Hall–Kier alpha value is -2.47. The van der Waals surface area contributed by atoms with Gasteiger partial charge in [-0.2, -0.15) is 0 Å². The predicted molar refractivity (Wildman–Crippen MR) is 99.4 cm³/mol. The van der Waals surface area contributed by atoms with Crippen molar-refractivity contribution in [1.29, 1.82) is 0 Å². The van der Waals surface area contributed by atoms with E-state index in [0.29, 0.717) is 6.61 Å². The highest BCUT2D eigenvalue weighted by molar-refractivity contribution is 5.79. The van der Waals surface area contributed by atoms with Crippen LogP contribution >= 0.6 is 0 Å². The van der Waals surface area contributed by atoms with Crippen LogP contribution in [0.3, 0.4) is 0 Å². The molecule has 1 aromatic carbocycles. The fourth-order valence-electron chi connectivity index (χ4n) is 2.27. The second-order valence-electron chi connectivity index (χ2n) is 5.39. The molecule has 2 rings (SSSR count). The number of methoxy groups -OCH3 is 1. The SMILES string of the molecule is CN=C(NCCn1cccc1)NCc1ccc(NCCOC)cc1. The molecular formula is C18H27N5O. The molecule has 1 aromatic heterocycles. The first kappa shape index (κ1) is 17.9. The molecule has 3 N–H and O–H groups in total. The maximum absolute atomic E-state index is 5.03. The summed E-state index contributed by atoms with van der Waals surface area (Å²) in [6, 6.07) is 12.4. The summed E-state index contributed by atoms with van der Waals surface area (Å²) < 4.78 is 7.16. The van der Waals surface area contributed by atoms with Gasteiger partial charge in [-0.3, -0.25) is 4.99 Å². The van der Waals surface area contributed by atoms with Gasteiger partial charge in [0.2, 0.25) is 0 Å². The molecule has 0 aliphatic carbocycles. The lowest BCUT2D eigenvalue weighted by Crippen LogP contribution is -2.38. The van der Waals surface area contributed by atoms with E-state index in [2.05, 4.69) is 62.2 Å². The summed E-state index contributed by atoms with van der Waals surface area (Å²) in [5.74, 6) is 0.810. The van der Waals surface area contributed by atoms with E-state index in [4.69, 9.17) is 4.74 Å². The maximum atomic E-state index is 5.03. The van der Waals surface area contributed by atoms with Gasteiger partial charge in [-0.15, -0.1) is 0 Å². The summed E-state index contributed by atoms with van der Waals surface area (Å²) in [5, 5.41) is 9.95. The maximum Gasteiger partial charge on any atom is 0.191 e. The number of hydrogen-bond donors (Lipinski definition) is 3. The Bertz CT molecular complexity index is 592. The lowest BCUT2D eigenvalue weighted by atomic mass is 10.2. The number of aliphatic imine (C=N–C) groups is 1. The number of aromatic nitrogens is 1. The molecule has 0 saturated heterocycles. The number of benzene rings is 1. The highest BCUT2D eigenvalue weighted by Gasteiger charge is 1.99. The van der Waals surface area contributed by atoms with Crippen molar-refractivity contribution in [2.75, 3.05) is 39.2 Å². The van der Waals surface area contributed by atoms with Crippen molar-refractivity contribution >= 4 is 11.6 Å². The third-order valence-corrected chi connectivity index (χ3v) is 3.60. The fourth-order valence-corrected chi connectivity index (χ4v) is 2.27. The van der Waals surface area contributed by atoms with Crippen molar-refractivity contribution in [2.45, 2.75) is 13.1 Å². The number of ether oxygens (including phenoxy) is 1. The van der Waals surface area contributed by atoms with Gasteiger partial charge < -0.3 is 25.3 Å². The van der Waals surface area contributed by atoms with Gasteiger partial charge in [0, 0.05) is 58.4 Å². The standard InChI is InChI=1S/C18H27N5O/c1-19-18(21-9-13-23-11-3-4-12-23)22-15-16-5-7-17(8-6-16)20-10-14-24-2/h3-8,11-12,20H,9-10,13-15H2,1-2H3,(H2,19,21,22). The molecule has 0 fully saturated rings. The smallest absolute Gasteiger partial charge is 0.191 e. The van der Waals surface area contributed by atoms with Crippen LogP contribution in [0.5, 0.6) is 0 Å². The van der Waals surface area contributed by atoms with Crippen LogP contribution in [0.25, 0.3) is 0 Å². The minimum absolute atomic E-state index is 0.703. The Labute approximate surface area is 143 Å². The van der Waals surface area contributed by atoms with Crippen LogP contribution in [-0.2, 0) is 17.8 Å². The van der Waals surface area contributed by atoms with Crippen LogP contribution in [0.1, 0.15) is 5.56 Å². The van der Waals surface area contributed by atoms with Gasteiger partial charge in [0.05, 0.1) is 6.61 Å². The van der Waals surface area contributed by atoms with E-state index in [1.807, 2.05) is 12.1 Å². The summed E-state index contributed by atoms with van der Waals surface area (Å²) in [6.45, 7) is 3.99. The molecule has 1 heterocycles. The molecule has 0 amide bonds. The molecule has 0 aliphatic heterocycles. The first-order valence-electron chi connectivity index (χ1n) is 8.19. The minimum Gasteiger partial charge on any atom is -0.383 e. The van der Waals surface area contributed by atoms with Gasteiger partial charge in [-0.05, 0) is 29.8 Å². The summed E-state index contributed by atoms with van der Waals surface area (Å²) in [4.78, 5) is 4.25. The van der Waals surface area contributed by atoms with Crippen LogP contribution < -0.4 is 16.0 Å². The number of guanidine groups is 1. The molecular weight excluding hydrogens is 302 g/mol. The molecule has 0 radical (unpaired) electrons. The Kier molecular flexibility index (Phi) is 7.70. The number of nitrogens with one attached hydrogen (secondary N) is 3. The molecule has 0 bridgehead atoms. The molecule has 0 spiro atoms. The van der Waals surface area contributed by atoms with E-state index in [-0.39, 0.29) is 0 Å². The van der Waals surface area contributed by atoms with Crippen molar-refractivity contribution < 1.29 is 4.74 Å². The number of nitrogens with zero attached hydrogens (tertiary/aromatic N) is 2.